The van der Waals surface area contributed by atoms with Gasteiger partial charge in [0.15, 0.2) is 5.78 Å². The predicted octanol–water partition coefficient (Wildman–Crippen LogP) is 6.38. The van der Waals surface area contributed by atoms with Gasteiger partial charge in [-0.1, -0.05) is 55.8 Å². The van der Waals surface area contributed by atoms with Gasteiger partial charge >= 0.3 is 6.03 Å². The zero-order chi connectivity index (χ0) is 29.1. The number of rotatable bonds is 7. The van der Waals surface area contributed by atoms with Crippen LogP contribution in [-0.4, -0.2) is 39.8 Å². The monoisotopic (exact) mass is 554 g/mol. The molecule has 2 aromatic carbocycles. The van der Waals surface area contributed by atoms with E-state index in [0.29, 0.717) is 22.8 Å². The van der Waals surface area contributed by atoms with E-state index >= 15 is 0 Å². The number of nitrogens with one attached hydrogen (secondary N) is 3. The van der Waals surface area contributed by atoms with Gasteiger partial charge < -0.3 is 15.2 Å². The molecule has 0 spiro atoms. The molecule has 1 saturated heterocycles. The smallest absolute Gasteiger partial charge is 0.324 e. The Hall–Kier alpha value is -4.24. The maximum absolute atomic E-state index is 13.7. The van der Waals surface area contributed by atoms with Crippen LogP contribution in [0.4, 0.5) is 16.3 Å². The first kappa shape index (κ1) is 28.3. The van der Waals surface area contributed by atoms with Crippen LogP contribution < -0.4 is 16.0 Å². The lowest BCUT2D eigenvalue weighted by molar-refractivity contribution is 0.0915. The molecule has 41 heavy (non-hydrogen) atoms. The summed E-state index contributed by atoms with van der Waals surface area (Å²) in [4.78, 5) is 27.0. The molecule has 1 fully saturated rings. The van der Waals surface area contributed by atoms with Gasteiger partial charge in [-0.3, -0.25) is 10.1 Å². The fourth-order valence-electron chi connectivity index (χ4n) is 5.32. The van der Waals surface area contributed by atoms with E-state index in [1.807, 2.05) is 61.5 Å². The van der Waals surface area contributed by atoms with Crippen LogP contribution in [0.25, 0.3) is 5.69 Å². The largest absolute Gasteiger partial charge is 0.364 e. The van der Waals surface area contributed by atoms with E-state index in [0.717, 1.165) is 48.4 Å². The van der Waals surface area contributed by atoms with Gasteiger partial charge in [0.2, 0.25) is 0 Å². The van der Waals surface area contributed by atoms with Crippen LogP contribution in [-0.2, 0) is 5.41 Å². The summed E-state index contributed by atoms with van der Waals surface area (Å²) in [6.07, 6.45) is 3.21. The fraction of sp³-hybridized carbons (Fsp3) is 0.375. The van der Waals surface area contributed by atoms with E-state index in [1.54, 1.807) is 11.6 Å². The maximum Gasteiger partial charge on any atom is 0.324 e. The normalized spacial score (nSPS) is 15.0. The van der Waals surface area contributed by atoms with Crippen molar-refractivity contribution in [2.45, 2.75) is 58.8 Å². The van der Waals surface area contributed by atoms with Crippen molar-refractivity contribution in [1.82, 2.24) is 20.3 Å². The van der Waals surface area contributed by atoms with Crippen molar-refractivity contribution in [3.05, 3.63) is 88.9 Å². The Kier molecular flexibility index (Phi) is 8.08. The van der Waals surface area contributed by atoms with E-state index in [1.165, 1.54) is 6.26 Å². The highest BCUT2D eigenvalue weighted by Gasteiger charge is 2.33. The number of Topliss-reactive ketones (excluding diaryl/α,β-unsaturated/α-hetero) is 1. The van der Waals surface area contributed by atoms with Gasteiger partial charge in [0, 0.05) is 17.2 Å². The van der Waals surface area contributed by atoms with Gasteiger partial charge in [0.05, 0.1) is 28.6 Å². The van der Waals surface area contributed by atoms with E-state index in [9.17, 15) is 9.59 Å². The number of urea groups is 1. The second-order valence-corrected chi connectivity index (χ2v) is 11.9. The quantitative estimate of drug-likeness (QED) is 0.228. The van der Waals surface area contributed by atoms with Crippen molar-refractivity contribution >= 4 is 23.3 Å². The fourth-order valence-corrected chi connectivity index (χ4v) is 5.32. The number of benzene rings is 2. The highest BCUT2D eigenvalue weighted by molar-refractivity contribution is 6.02. The minimum atomic E-state index is -0.393. The first-order chi connectivity index (χ1) is 19.6. The Labute approximate surface area is 240 Å². The van der Waals surface area contributed by atoms with Crippen LogP contribution in [0.2, 0.25) is 0 Å². The van der Waals surface area contributed by atoms with Crippen LogP contribution in [0, 0.1) is 19.8 Å². The van der Waals surface area contributed by atoms with E-state index in [4.69, 9.17) is 9.62 Å². The number of ketones is 1. The van der Waals surface area contributed by atoms with Crippen LogP contribution in [0.3, 0.4) is 0 Å². The third-order valence-electron chi connectivity index (χ3n) is 7.65. The maximum atomic E-state index is 13.7. The molecule has 9 heteroatoms. The van der Waals surface area contributed by atoms with Crippen molar-refractivity contribution in [2.24, 2.45) is 5.92 Å². The number of hydrogen-bond donors (Lipinski definition) is 3. The summed E-state index contributed by atoms with van der Waals surface area (Å²) >= 11 is 0. The van der Waals surface area contributed by atoms with Crippen molar-refractivity contribution in [3.63, 3.8) is 0 Å². The third kappa shape index (κ3) is 6.41. The van der Waals surface area contributed by atoms with Crippen molar-refractivity contribution < 1.29 is 14.1 Å². The van der Waals surface area contributed by atoms with Gasteiger partial charge in [0.25, 0.3) is 0 Å². The van der Waals surface area contributed by atoms with Gasteiger partial charge in [-0.2, -0.15) is 5.10 Å². The first-order valence-corrected chi connectivity index (χ1v) is 14.1. The number of carbonyl (C=O) groups is 2. The van der Waals surface area contributed by atoms with E-state index in [-0.39, 0.29) is 23.0 Å². The topological polar surface area (TPSA) is 114 Å². The Bertz CT molecular complexity index is 1520. The molecule has 3 heterocycles. The third-order valence-corrected chi connectivity index (χ3v) is 7.65. The SMILES string of the molecule is Cc1ccc(-n2nc(C(C)(C)C)cc2NC(=O)Nc2cccc(C(C(=O)c3conc3C)C3CCNCC3)c2)cc1. The molecule has 3 N–H and O–H groups in total. The molecule has 0 radical (unpaired) electrons. The highest BCUT2D eigenvalue weighted by Crippen LogP contribution is 2.36. The van der Waals surface area contributed by atoms with Crippen LogP contribution in [0.5, 0.6) is 0 Å². The van der Waals surface area contributed by atoms with Crippen LogP contribution in [0.15, 0.2) is 65.4 Å². The number of amides is 2. The van der Waals surface area contributed by atoms with E-state index < -0.39 is 6.03 Å². The molecule has 2 aromatic heterocycles. The van der Waals surface area contributed by atoms with Crippen molar-refractivity contribution in [1.29, 1.82) is 0 Å². The number of aryl methyl sites for hydroxylation is 2. The summed E-state index contributed by atoms with van der Waals surface area (Å²) in [5.41, 5.74) is 5.22. The number of hydrogen-bond acceptors (Lipinski definition) is 6. The molecule has 1 unspecified atom stereocenters. The molecular formula is C32H38N6O3. The standard InChI is InChI=1S/C32H38N6O3/c1-20-9-11-25(12-10-20)38-28(18-27(36-38)32(3,4)5)35-31(40)34-24-8-6-7-23(17-24)29(22-13-15-33-16-14-22)30(39)26-19-41-37-21(26)2/h6-12,17-19,22,29,33H,13-16H2,1-5H3,(H2,34,35,40). The molecule has 214 valence electrons. The average molecular weight is 555 g/mol. The number of anilines is 2. The Morgan fingerprint density at radius 3 is 2.41 bits per heavy atom. The first-order valence-electron chi connectivity index (χ1n) is 14.1. The lowest BCUT2D eigenvalue weighted by Crippen LogP contribution is -2.33. The van der Waals surface area contributed by atoms with E-state index in [2.05, 4.69) is 41.9 Å². The summed E-state index contributed by atoms with van der Waals surface area (Å²) in [6, 6.07) is 17.1. The Morgan fingerprint density at radius 2 is 1.76 bits per heavy atom. The van der Waals surface area contributed by atoms with Gasteiger partial charge in [0.1, 0.15) is 12.1 Å². The lowest BCUT2D eigenvalue weighted by Gasteiger charge is -2.30. The molecule has 0 aliphatic carbocycles. The van der Waals surface area contributed by atoms with Gasteiger partial charge in [-0.15, -0.1) is 0 Å². The molecule has 0 saturated carbocycles. The predicted molar refractivity (Wildman–Crippen MR) is 160 cm³/mol. The summed E-state index contributed by atoms with van der Waals surface area (Å²) in [6.45, 7) is 11.8. The number of nitrogens with zero attached hydrogens (tertiary/aromatic N) is 3. The minimum Gasteiger partial charge on any atom is -0.364 e. The van der Waals surface area contributed by atoms with Crippen molar-refractivity contribution in [3.8, 4) is 5.69 Å². The number of piperidine rings is 1. The van der Waals surface area contributed by atoms with Crippen LogP contribution in [0.1, 0.15) is 72.4 Å². The summed E-state index contributed by atoms with van der Waals surface area (Å²) in [5, 5.41) is 18.1. The van der Waals surface area contributed by atoms with Crippen LogP contribution >= 0.6 is 0 Å². The molecule has 1 aliphatic rings. The van der Waals surface area contributed by atoms with Crippen molar-refractivity contribution in [2.75, 3.05) is 23.7 Å². The number of aromatic nitrogens is 3. The Balaban J connectivity index is 1.40. The molecule has 9 nitrogen and oxygen atoms in total. The molecule has 5 rings (SSSR count). The molecule has 1 aliphatic heterocycles. The van der Waals surface area contributed by atoms with Gasteiger partial charge in [-0.25, -0.2) is 9.48 Å². The average Bonchev–Trinajstić information content (AvgIpc) is 3.56. The molecule has 0 bridgehead atoms. The second-order valence-electron chi connectivity index (χ2n) is 11.9. The molecule has 2 amide bonds. The lowest BCUT2D eigenvalue weighted by atomic mass is 9.76. The number of carbonyl (C=O) groups excluding carboxylic acids is 2. The minimum absolute atomic E-state index is 0.00559. The zero-order valence-electron chi connectivity index (χ0n) is 24.3. The summed E-state index contributed by atoms with van der Waals surface area (Å²) < 4.78 is 6.84. The van der Waals surface area contributed by atoms with Gasteiger partial charge in [-0.05, 0) is 75.5 Å². The molecular weight excluding hydrogens is 516 g/mol. The highest BCUT2D eigenvalue weighted by atomic mass is 16.5. The summed E-state index contributed by atoms with van der Waals surface area (Å²) in [5.74, 6) is 0.367. The Morgan fingerprint density at radius 1 is 1.02 bits per heavy atom. The summed E-state index contributed by atoms with van der Waals surface area (Å²) in [7, 11) is 0. The molecule has 4 aromatic rings. The zero-order valence-corrected chi connectivity index (χ0v) is 24.3. The molecule has 1 atom stereocenters. The second kappa shape index (κ2) is 11.7.